The van der Waals surface area contributed by atoms with E-state index in [4.69, 9.17) is 9.84 Å². The monoisotopic (exact) mass is 446 g/mol. The zero-order chi connectivity index (χ0) is 22.9. The Morgan fingerprint density at radius 2 is 1.88 bits per heavy atom. The quantitative estimate of drug-likeness (QED) is 0.515. The SMILES string of the molecule is O=C(C[C@H]1C/C=C\C[C@@H](Cc2ccc(F)cc2)C(=O)OC[C@H]2CCCN2C1=O)NCCO. The number of allylic oxidation sites excluding steroid dienone is 2. The van der Waals surface area contributed by atoms with E-state index in [9.17, 15) is 18.8 Å². The van der Waals surface area contributed by atoms with Crippen LogP contribution in [-0.4, -0.2) is 60.1 Å². The van der Waals surface area contributed by atoms with Gasteiger partial charge in [-0.25, -0.2) is 4.39 Å². The molecule has 2 N–H and O–H groups in total. The van der Waals surface area contributed by atoms with Crippen molar-refractivity contribution in [2.75, 3.05) is 26.3 Å². The number of cyclic esters (lactones) is 1. The molecule has 1 saturated heterocycles. The number of fused-ring (bicyclic) bond motifs is 1. The highest BCUT2D eigenvalue weighted by atomic mass is 19.1. The van der Waals surface area contributed by atoms with Crippen LogP contribution in [-0.2, 0) is 25.5 Å². The molecular formula is C24H31FN2O5. The number of aliphatic hydroxyl groups is 1. The van der Waals surface area contributed by atoms with Crippen molar-refractivity contribution in [1.82, 2.24) is 10.2 Å². The minimum absolute atomic E-state index is 0.0468. The number of carbonyl (C=O) groups is 3. The van der Waals surface area contributed by atoms with Gasteiger partial charge in [0.05, 0.1) is 24.5 Å². The first-order valence-corrected chi connectivity index (χ1v) is 11.2. The van der Waals surface area contributed by atoms with E-state index in [-0.39, 0.29) is 55.8 Å². The number of hydrogen-bond donors (Lipinski definition) is 2. The number of amides is 2. The molecule has 2 aliphatic heterocycles. The Morgan fingerprint density at radius 3 is 2.59 bits per heavy atom. The van der Waals surface area contributed by atoms with E-state index in [0.29, 0.717) is 25.8 Å². The van der Waals surface area contributed by atoms with Gasteiger partial charge < -0.3 is 20.1 Å². The molecule has 1 aromatic rings. The molecule has 2 amide bonds. The molecule has 3 rings (SSSR count). The third kappa shape index (κ3) is 6.63. The molecule has 8 heteroatoms. The fourth-order valence-corrected chi connectivity index (χ4v) is 4.28. The molecule has 0 saturated carbocycles. The molecule has 32 heavy (non-hydrogen) atoms. The predicted octanol–water partition coefficient (Wildman–Crippen LogP) is 1.98. The Hall–Kier alpha value is -2.74. The summed E-state index contributed by atoms with van der Waals surface area (Å²) in [7, 11) is 0. The lowest BCUT2D eigenvalue weighted by molar-refractivity contribution is -0.152. The summed E-state index contributed by atoms with van der Waals surface area (Å²) in [6, 6.07) is 5.90. The van der Waals surface area contributed by atoms with Crippen LogP contribution < -0.4 is 5.32 Å². The average Bonchev–Trinajstić information content (AvgIpc) is 3.26. The smallest absolute Gasteiger partial charge is 0.309 e. The minimum atomic E-state index is -0.504. The summed E-state index contributed by atoms with van der Waals surface area (Å²) in [6.07, 6.45) is 6.58. The van der Waals surface area contributed by atoms with Crippen LogP contribution in [0, 0.1) is 17.7 Å². The van der Waals surface area contributed by atoms with Gasteiger partial charge in [0.1, 0.15) is 12.4 Å². The number of nitrogens with one attached hydrogen (secondary N) is 1. The third-order valence-corrected chi connectivity index (χ3v) is 6.03. The van der Waals surface area contributed by atoms with Gasteiger partial charge in [0.25, 0.3) is 0 Å². The molecule has 1 fully saturated rings. The van der Waals surface area contributed by atoms with Crippen LogP contribution in [0.4, 0.5) is 4.39 Å². The van der Waals surface area contributed by atoms with Crippen molar-refractivity contribution in [2.45, 2.75) is 44.6 Å². The van der Waals surface area contributed by atoms with Gasteiger partial charge in [-0.2, -0.15) is 0 Å². The minimum Gasteiger partial charge on any atom is -0.463 e. The normalized spacial score (nSPS) is 25.3. The van der Waals surface area contributed by atoms with Crippen molar-refractivity contribution >= 4 is 17.8 Å². The summed E-state index contributed by atoms with van der Waals surface area (Å²) in [5, 5.41) is 11.5. The molecule has 0 bridgehead atoms. The van der Waals surface area contributed by atoms with Gasteiger partial charge in [0.2, 0.25) is 11.8 Å². The Bertz CT molecular complexity index is 826. The molecule has 7 nitrogen and oxygen atoms in total. The van der Waals surface area contributed by atoms with Gasteiger partial charge in [0, 0.05) is 19.5 Å². The first-order valence-electron chi connectivity index (χ1n) is 11.2. The van der Waals surface area contributed by atoms with Crippen molar-refractivity contribution in [3.8, 4) is 0 Å². The van der Waals surface area contributed by atoms with Crippen molar-refractivity contribution in [3.05, 3.63) is 47.8 Å². The van der Waals surface area contributed by atoms with Crippen LogP contribution in [0.2, 0.25) is 0 Å². The number of nitrogens with zero attached hydrogens (tertiary/aromatic N) is 1. The number of halogens is 1. The number of aliphatic hydroxyl groups excluding tert-OH is 1. The molecular weight excluding hydrogens is 415 g/mol. The lowest BCUT2D eigenvalue weighted by Gasteiger charge is -2.29. The van der Waals surface area contributed by atoms with Gasteiger partial charge in [-0.3, -0.25) is 14.4 Å². The molecule has 0 aromatic heterocycles. The summed E-state index contributed by atoms with van der Waals surface area (Å²) in [6.45, 7) is 0.721. The van der Waals surface area contributed by atoms with Gasteiger partial charge in [0.15, 0.2) is 0 Å². The summed E-state index contributed by atoms with van der Waals surface area (Å²) in [4.78, 5) is 39.9. The van der Waals surface area contributed by atoms with Gasteiger partial charge in [-0.1, -0.05) is 24.3 Å². The van der Waals surface area contributed by atoms with E-state index in [1.807, 2.05) is 12.2 Å². The van der Waals surface area contributed by atoms with E-state index >= 15 is 0 Å². The van der Waals surface area contributed by atoms with Crippen molar-refractivity contribution in [1.29, 1.82) is 0 Å². The van der Waals surface area contributed by atoms with Crippen molar-refractivity contribution in [3.63, 3.8) is 0 Å². The van der Waals surface area contributed by atoms with Crippen LogP contribution in [0.3, 0.4) is 0 Å². The maximum absolute atomic E-state index is 13.2. The molecule has 0 spiro atoms. The zero-order valence-electron chi connectivity index (χ0n) is 18.2. The molecule has 1 aromatic carbocycles. The second kappa shape index (κ2) is 11.8. The topological polar surface area (TPSA) is 95.9 Å². The van der Waals surface area contributed by atoms with Crippen molar-refractivity contribution in [2.24, 2.45) is 11.8 Å². The third-order valence-electron chi connectivity index (χ3n) is 6.03. The lowest BCUT2D eigenvalue weighted by atomic mass is 9.94. The first-order chi connectivity index (χ1) is 15.5. The Morgan fingerprint density at radius 1 is 1.16 bits per heavy atom. The molecule has 2 aliphatic rings. The fraction of sp³-hybridized carbons (Fsp3) is 0.542. The Kier molecular flexibility index (Phi) is 8.79. The number of carbonyl (C=O) groups excluding carboxylic acids is 3. The maximum atomic E-state index is 13.2. The number of esters is 1. The van der Waals surface area contributed by atoms with Crippen LogP contribution in [0.5, 0.6) is 0 Å². The van der Waals surface area contributed by atoms with Gasteiger partial charge in [-0.05, 0) is 49.8 Å². The number of benzene rings is 1. The zero-order valence-corrected chi connectivity index (χ0v) is 18.2. The highest BCUT2D eigenvalue weighted by Crippen LogP contribution is 2.25. The van der Waals surface area contributed by atoms with Crippen LogP contribution >= 0.6 is 0 Å². The molecule has 174 valence electrons. The lowest BCUT2D eigenvalue weighted by Crippen LogP contribution is -2.43. The number of ether oxygens (including phenoxy) is 1. The van der Waals surface area contributed by atoms with E-state index in [1.54, 1.807) is 17.0 Å². The predicted molar refractivity (Wildman–Crippen MR) is 116 cm³/mol. The van der Waals surface area contributed by atoms with E-state index < -0.39 is 11.8 Å². The number of hydrogen-bond acceptors (Lipinski definition) is 5. The molecule has 0 aliphatic carbocycles. The van der Waals surface area contributed by atoms with Crippen LogP contribution in [0.15, 0.2) is 36.4 Å². The summed E-state index contributed by atoms with van der Waals surface area (Å²) < 4.78 is 18.8. The van der Waals surface area contributed by atoms with Crippen molar-refractivity contribution < 1.29 is 28.6 Å². The fourth-order valence-electron chi connectivity index (χ4n) is 4.28. The first kappa shape index (κ1) is 23.9. The second-order valence-corrected chi connectivity index (χ2v) is 8.40. The van der Waals surface area contributed by atoms with Crippen LogP contribution in [0.25, 0.3) is 0 Å². The van der Waals surface area contributed by atoms with Crippen LogP contribution in [0.1, 0.15) is 37.7 Å². The van der Waals surface area contributed by atoms with E-state index in [1.165, 1.54) is 12.1 Å². The highest BCUT2D eigenvalue weighted by molar-refractivity contribution is 5.86. The molecule has 3 atom stereocenters. The standard InChI is InChI=1S/C24H31FN2O5/c25-20-9-7-17(8-10-20)14-19-5-2-1-4-18(15-22(29)26-11-13-28)23(30)27-12-3-6-21(27)16-32-24(19)31/h1-2,7-10,18-19,21,28H,3-6,11-16H2,(H,26,29)/b2-1-/t18-,19+,21-/m1/s1. The van der Waals surface area contributed by atoms with E-state index in [2.05, 4.69) is 5.32 Å². The second-order valence-electron chi connectivity index (χ2n) is 8.40. The molecule has 2 heterocycles. The molecule has 0 radical (unpaired) electrons. The molecule has 0 unspecified atom stereocenters. The summed E-state index contributed by atoms with van der Waals surface area (Å²) in [5.74, 6) is -1.93. The summed E-state index contributed by atoms with van der Waals surface area (Å²) in [5.41, 5.74) is 0.852. The maximum Gasteiger partial charge on any atom is 0.309 e. The largest absolute Gasteiger partial charge is 0.463 e. The van der Waals surface area contributed by atoms with Gasteiger partial charge in [-0.15, -0.1) is 0 Å². The summed E-state index contributed by atoms with van der Waals surface area (Å²) >= 11 is 0. The Labute approximate surface area is 187 Å². The van der Waals surface area contributed by atoms with E-state index in [0.717, 1.165) is 18.4 Å². The average molecular weight is 447 g/mol. The van der Waals surface area contributed by atoms with Gasteiger partial charge >= 0.3 is 5.97 Å². The number of rotatable bonds is 6. The highest BCUT2D eigenvalue weighted by Gasteiger charge is 2.35. The Balaban J connectivity index is 1.74.